The average molecular weight is 433 g/mol. The number of nitrogens with one attached hydrogen (secondary N) is 1. The van der Waals surface area contributed by atoms with E-state index in [1.807, 2.05) is 24.3 Å². The fourth-order valence-electron chi connectivity index (χ4n) is 2.54. The van der Waals surface area contributed by atoms with Crippen molar-refractivity contribution in [3.63, 3.8) is 0 Å². The zero-order valence-corrected chi connectivity index (χ0v) is 18.2. The summed E-state index contributed by atoms with van der Waals surface area (Å²) >= 11 is 7.55. The van der Waals surface area contributed by atoms with E-state index in [0.29, 0.717) is 15.6 Å². The maximum Gasteiger partial charge on any atom is 0.261 e. The lowest BCUT2D eigenvalue weighted by atomic mass is 9.87. The van der Waals surface area contributed by atoms with Gasteiger partial charge in [-0.15, -0.1) is 0 Å². The highest BCUT2D eigenvalue weighted by atomic mass is 35.5. The van der Waals surface area contributed by atoms with Crippen molar-refractivity contribution in [2.75, 3.05) is 4.72 Å². The van der Waals surface area contributed by atoms with Gasteiger partial charge in [-0.2, -0.15) is 0 Å². The van der Waals surface area contributed by atoms with Crippen molar-refractivity contribution >= 4 is 39.1 Å². The summed E-state index contributed by atoms with van der Waals surface area (Å²) in [7, 11) is -3.72. The molecule has 2 aromatic carbocycles. The summed E-state index contributed by atoms with van der Waals surface area (Å²) in [5, 5.41) is 0.536. The maximum absolute atomic E-state index is 12.9. The van der Waals surface area contributed by atoms with Gasteiger partial charge in [0.2, 0.25) is 0 Å². The number of pyridine rings is 1. The third-order valence-electron chi connectivity index (χ3n) is 4.10. The average Bonchev–Trinajstić information content (AvgIpc) is 2.64. The summed E-state index contributed by atoms with van der Waals surface area (Å²) in [4.78, 5) is 5.87. The Balaban J connectivity index is 1.90. The Kier molecular flexibility index (Phi) is 6.03. The highest BCUT2D eigenvalue weighted by Crippen LogP contribution is 2.36. The molecule has 7 heteroatoms. The van der Waals surface area contributed by atoms with Crippen molar-refractivity contribution in [3.8, 4) is 0 Å². The molecular weight excluding hydrogens is 412 g/mol. The Morgan fingerprint density at radius 2 is 1.61 bits per heavy atom. The van der Waals surface area contributed by atoms with Crippen LogP contribution in [0.5, 0.6) is 0 Å². The lowest BCUT2D eigenvalue weighted by Crippen LogP contribution is -2.15. The molecule has 0 saturated heterocycles. The van der Waals surface area contributed by atoms with Gasteiger partial charge >= 0.3 is 0 Å². The Bertz CT molecular complexity index is 1060. The Morgan fingerprint density at radius 1 is 0.964 bits per heavy atom. The highest BCUT2D eigenvalue weighted by molar-refractivity contribution is 7.99. The van der Waals surface area contributed by atoms with E-state index in [4.69, 9.17) is 11.6 Å². The number of anilines is 1. The van der Waals surface area contributed by atoms with Crippen LogP contribution in [0.3, 0.4) is 0 Å². The van der Waals surface area contributed by atoms with Crippen LogP contribution in [0.1, 0.15) is 26.3 Å². The first-order valence-corrected chi connectivity index (χ1v) is 11.3. The quantitative estimate of drug-likeness (QED) is 0.538. The van der Waals surface area contributed by atoms with Gasteiger partial charge in [0, 0.05) is 27.2 Å². The van der Waals surface area contributed by atoms with Gasteiger partial charge in [-0.1, -0.05) is 56.3 Å². The molecule has 0 atom stereocenters. The van der Waals surface area contributed by atoms with Crippen molar-refractivity contribution < 1.29 is 8.42 Å². The number of sulfonamides is 1. The van der Waals surface area contributed by atoms with Crippen LogP contribution in [-0.2, 0) is 15.4 Å². The fourth-order valence-corrected chi connectivity index (χ4v) is 4.84. The number of rotatable bonds is 5. The van der Waals surface area contributed by atoms with Crippen LogP contribution in [-0.4, -0.2) is 13.4 Å². The summed E-state index contributed by atoms with van der Waals surface area (Å²) in [5.41, 5.74) is 1.51. The minimum atomic E-state index is -3.72. The van der Waals surface area contributed by atoms with Crippen LogP contribution < -0.4 is 4.72 Å². The van der Waals surface area contributed by atoms with Crippen molar-refractivity contribution in [2.45, 2.75) is 40.9 Å². The highest BCUT2D eigenvalue weighted by Gasteiger charge is 2.19. The summed E-state index contributed by atoms with van der Waals surface area (Å²) in [6.45, 7) is 6.27. The molecule has 1 N–H and O–H groups in total. The van der Waals surface area contributed by atoms with E-state index < -0.39 is 10.0 Å². The van der Waals surface area contributed by atoms with E-state index >= 15 is 0 Å². The molecule has 4 nitrogen and oxygen atoms in total. The second-order valence-corrected chi connectivity index (χ2v) is 10.5. The van der Waals surface area contributed by atoms with E-state index in [0.717, 1.165) is 10.5 Å². The normalized spacial score (nSPS) is 12.0. The summed E-state index contributed by atoms with van der Waals surface area (Å²) in [5.74, 6) is 0. The molecule has 0 amide bonds. The SMILES string of the molecule is CC(C)(C)c1ccc(S(=O)(=O)Nc2ccc(Cl)cc2Sc2ccncc2)cc1. The Labute approximate surface area is 175 Å². The van der Waals surface area contributed by atoms with Crippen molar-refractivity contribution in [1.29, 1.82) is 0 Å². The molecular formula is C21H21ClN2O2S2. The minimum absolute atomic E-state index is 0.0414. The Morgan fingerprint density at radius 3 is 2.21 bits per heavy atom. The largest absolute Gasteiger partial charge is 0.278 e. The number of benzene rings is 2. The second-order valence-electron chi connectivity index (χ2n) is 7.31. The first kappa shape index (κ1) is 20.7. The van der Waals surface area contributed by atoms with Crippen LogP contribution in [0, 0.1) is 0 Å². The van der Waals surface area contributed by atoms with E-state index in [1.54, 1.807) is 42.7 Å². The summed E-state index contributed by atoms with van der Waals surface area (Å²) in [6, 6.07) is 15.8. The fraction of sp³-hybridized carbons (Fsp3) is 0.190. The topological polar surface area (TPSA) is 59.1 Å². The molecule has 146 valence electrons. The smallest absolute Gasteiger partial charge is 0.261 e. The lowest BCUT2D eigenvalue weighted by Gasteiger charge is -2.19. The predicted octanol–water partition coefficient (Wildman–Crippen LogP) is 5.98. The van der Waals surface area contributed by atoms with Crippen molar-refractivity contribution in [2.24, 2.45) is 0 Å². The number of aromatic nitrogens is 1. The van der Waals surface area contributed by atoms with Crippen LogP contribution in [0.4, 0.5) is 5.69 Å². The molecule has 0 aliphatic heterocycles. The van der Waals surface area contributed by atoms with E-state index in [9.17, 15) is 8.42 Å². The molecule has 0 radical (unpaired) electrons. The lowest BCUT2D eigenvalue weighted by molar-refractivity contribution is 0.587. The zero-order chi connectivity index (χ0) is 20.4. The number of hydrogen-bond donors (Lipinski definition) is 1. The van der Waals surface area contributed by atoms with Gasteiger partial charge in [-0.05, 0) is 53.4 Å². The number of halogens is 1. The number of hydrogen-bond acceptors (Lipinski definition) is 4. The molecule has 0 aliphatic rings. The molecule has 0 aliphatic carbocycles. The van der Waals surface area contributed by atoms with Gasteiger partial charge in [-0.3, -0.25) is 9.71 Å². The Hall–Kier alpha value is -2.02. The van der Waals surface area contributed by atoms with Gasteiger partial charge < -0.3 is 0 Å². The molecule has 0 saturated carbocycles. The third-order valence-corrected chi connectivity index (χ3v) is 6.78. The molecule has 0 unspecified atom stereocenters. The van der Waals surface area contributed by atoms with Gasteiger partial charge in [0.15, 0.2) is 0 Å². The maximum atomic E-state index is 12.9. The van der Waals surface area contributed by atoms with Crippen LogP contribution >= 0.6 is 23.4 Å². The summed E-state index contributed by atoms with van der Waals surface area (Å²) < 4.78 is 28.5. The molecule has 28 heavy (non-hydrogen) atoms. The molecule has 3 aromatic rings. The first-order chi connectivity index (χ1) is 13.1. The van der Waals surface area contributed by atoms with Crippen LogP contribution in [0.15, 0.2) is 81.7 Å². The van der Waals surface area contributed by atoms with Crippen molar-refractivity contribution in [1.82, 2.24) is 4.98 Å². The molecule has 0 fully saturated rings. The third kappa shape index (κ3) is 5.07. The first-order valence-electron chi connectivity index (χ1n) is 8.66. The molecule has 1 heterocycles. The monoisotopic (exact) mass is 432 g/mol. The molecule has 1 aromatic heterocycles. The van der Waals surface area contributed by atoms with Crippen molar-refractivity contribution in [3.05, 3.63) is 77.6 Å². The van der Waals surface area contributed by atoms with Gasteiger partial charge in [-0.25, -0.2) is 8.42 Å². The summed E-state index contributed by atoms with van der Waals surface area (Å²) in [6.07, 6.45) is 3.38. The standard InChI is InChI=1S/C21H21ClN2O2S2/c1-21(2,3)15-4-7-18(8-5-15)28(25,26)24-19-9-6-16(22)14-20(19)27-17-10-12-23-13-11-17/h4-14,24H,1-3H3. The predicted molar refractivity (Wildman–Crippen MR) is 116 cm³/mol. The zero-order valence-electron chi connectivity index (χ0n) is 15.8. The molecule has 0 bridgehead atoms. The van der Waals surface area contributed by atoms with Crippen LogP contribution in [0.2, 0.25) is 5.02 Å². The number of nitrogens with zero attached hydrogens (tertiary/aromatic N) is 1. The van der Waals surface area contributed by atoms with Gasteiger partial charge in [0.1, 0.15) is 0 Å². The molecule has 3 rings (SSSR count). The van der Waals surface area contributed by atoms with Crippen LogP contribution in [0.25, 0.3) is 0 Å². The van der Waals surface area contributed by atoms with Gasteiger partial charge in [0.05, 0.1) is 10.6 Å². The van der Waals surface area contributed by atoms with E-state index in [1.165, 1.54) is 11.8 Å². The van der Waals surface area contributed by atoms with E-state index in [2.05, 4.69) is 30.5 Å². The van der Waals surface area contributed by atoms with Gasteiger partial charge in [0.25, 0.3) is 10.0 Å². The second kappa shape index (κ2) is 8.15. The minimum Gasteiger partial charge on any atom is -0.278 e. The van der Waals surface area contributed by atoms with E-state index in [-0.39, 0.29) is 10.3 Å². The molecule has 0 spiro atoms.